The van der Waals surface area contributed by atoms with Crippen LogP contribution in [0.5, 0.6) is 5.95 Å². The quantitative estimate of drug-likeness (QED) is 0.741. The van der Waals surface area contributed by atoms with Crippen molar-refractivity contribution in [3.05, 3.63) is 35.0 Å². The Labute approximate surface area is 91.5 Å². The van der Waals surface area contributed by atoms with Crippen molar-refractivity contribution in [3.63, 3.8) is 0 Å². The van der Waals surface area contributed by atoms with E-state index in [1.807, 2.05) is 19.1 Å². The van der Waals surface area contributed by atoms with Crippen LogP contribution in [0.3, 0.4) is 0 Å². The van der Waals surface area contributed by atoms with Crippen LogP contribution >= 0.6 is 11.6 Å². The number of nitrogens with zero attached hydrogens (tertiary/aromatic N) is 2. The van der Waals surface area contributed by atoms with Crippen molar-refractivity contribution in [3.8, 4) is 11.6 Å². The van der Waals surface area contributed by atoms with Gasteiger partial charge in [-0.3, -0.25) is 0 Å². The lowest BCUT2D eigenvalue weighted by Crippen LogP contribution is -2.31. The van der Waals surface area contributed by atoms with Gasteiger partial charge in [0.05, 0.1) is 10.3 Å². The van der Waals surface area contributed by atoms with Crippen LogP contribution in [0, 0.1) is 6.92 Å². The van der Waals surface area contributed by atoms with Crippen molar-refractivity contribution in [2.24, 2.45) is 0 Å². The van der Waals surface area contributed by atoms with Crippen LogP contribution in [0.2, 0.25) is 5.02 Å². The average molecular weight is 228 g/mol. The van der Waals surface area contributed by atoms with Gasteiger partial charge in [0.2, 0.25) is 11.9 Å². The molecule has 0 aliphatic rings. The highest BCUT2D eigenvalue weighted by Crippen LogP contribution is 2.16. The van der Waals surface area contributed by atoms with Crippen LogP contribution in [0.25, 0.3) is 5.69 Å². The third-order valence-electron chi connectivity index (χ3n) is 1.87. The molecule has 15 heavy (non-hydrogen) atoms. The predicted molar refractivity (Wildman–Crippen MR) is 52.3 cm³/mol. The topological polar surface area (TPSA) is 88.0 Å². The van der Waals surface area contributed by atoms with E-state index in [1.165, 1.54) is 10.9 Å². The fourth-order valence-corrected chi connectivity index (χ4v) is 1.25. The normalized spacial score (nSPS) is 9.73. The highest BCUT2D eigenvalue weighted by Gasteiger charge is 2.10. The Bertz CT molecular complexity index is 470. The first-order chi connectivity index (χ1) is 6.66. The van der Waals surface area contributed by atoms with E-state index in [2.05, 4.69) is 9.79 Å². The molecule has 0 radical (unpaired) electrons. The van der Waals surface area contributed by atoms with Gasteiger partial charge in [-0.25, -0.2) is 0 Å². The Morgan fingerprint density at radius 3 is 2.73 bits per heavy atom. The van der Waals surface area contributed by atoms with Gasteiger partial charge in [-0.2, -0.15) is 0 Å². The highest BCUT2D eigenvalue weighted by molar-refractivity contribution is 6.31. The maximum Gasteiger partial charge on any atom is 0.240 e. The van der Waals surface area contributed by atoms with Gasteiger partial charge in [0.25, 0.3) is 0 Å². The molecule has 1 aromatic carbocycles. The first-order valence-corrected chi connectivity index (χ1v) is 4.37. The van der Waals surface area contributed by atoms with Gasteiger partial charge in [0.1, 0.15) is 5.95 Å². The zero-order chi connectivity index (χ0) is 10.1. The summed E-state index contributed by atoms with van der Waals surface area (Å²) in [6.45, 7) is 1.90. The summed E-state index contributed by atoms with van der Waals surface area (Å²) in [4.78, 5) is 0. The zero-order valence-electron chi connectivity index (χ0n) is 8.11. The van der Waals surface area contributed by atoms with Crippen molar-refractivity contribution in [2.45, 2.75) is 6.92 Å². The molecule has 0 spiro atoms. The molecule has 0 unspecified atom stereocenters. The maximum atomic E-state index is 10.7. The van der Waals surface area contributed by atoms with E-state index in [0.29, 0.717) is 10.7 Å². The van der Waals surface area contributed by atoms with Crippen molar-refractivity contribution in [2.75, 3.05) is 0 Å². The van der Waals surface area contributed by atoms with Gasteiger partial charge in [-0.15, -0.1) is 0 Å². The lowest BCUT2D eigenvalue weighted by Gasteiger charge is -1.95. The Morgan fingerprint density at radius 2 is 2.20 bits per heavy atom. The molecule has 0 aliphatic carbocycles. The van der Waals surface area contributed by atoms with E-state index < -0.39 is 5.95 Å². The van der Waals surface area contributed by atoms with Gasteiger partial charge in [0.15, 0.2) is 0 Å². The van der Waals surface area contributed by atoms with Gasteiger partial charge >= 0.3 is 0 Å². The predicted octanol–water partition coefficient (Wildman–Crippen LogP) is 1.15. The lowest BCUT2D eigenvalue weighted by atomic mass is 10.2. The molecular weight excluding hydrogens is 218 g/mol. The minimum absolute atomic E-state index is 0. The molecule has 0 bridgehead atoms. The van der Waals surface area contributed by atoms with E-state index in [0.717, 1.165) is 5.56 Å². The molecule has 2 aromatic rings. The van der Waals surface area contributed by atoms with E-state index in [4.69, 9.17) is 11.6 Å². The zero-order valence-corrected chi connectivity index (χ0v) is 8.86. The third-order valence-corrected chi connectivity index (χ3v) is 2.27. The number of aromatic nitrogens is 2. The Kier molecular flexibility index (Phi) is 3.28. The molecule has 0 saturated carbocycles. The van der Waals surface area contributed by atoms with Crippen LogP contribution in [0.15, 0.2) is 28.9 Å². The summed E-state index contributed by atoms with van der Waals surface area (Å²) >= 11 is 5.92. The molecule has 80 valence electrons. The number of halogens is 1. The summed E-state index contributed by atoms with van der Waals surface area (Å²) in [6, 6.07) is 5.38. The summed E-state index contributed by atoms with van der Waals surface area (Å²) in [5, 5.41) is 14.9. The SMILES string of the molecule is Cc1ccc(-[n+]2cc([O-])on2)cc1Cl.N. The second-order valence-corrected chi connectivity index (χ2v) is 3.31. The van der Waals surface area contributed by atoms with Crippen molar-refractivity contribution >= 4 is 11.6 Å². The summed E-state index contributed by atoms with van der Waals surface area (Å²) in [5.74, 6) is -0.485. The van der Waals surface area contributed by atoms with Gasteiger partial charge in [-0.05, 0) is 17.2 Å². The largest absolute Gasteiger partial charge is 0.539 e. The second-order valence-electron chi connectivity index (χ2n) is 2.90. The Morgan fingerprint density at radius 1 is 1.47 bits per heavy atom. The summed E-state index contributed by atoms with van der Waals surface area (Å²) in [7, 11) is 0. The van der Waals surface area contributed by atoms with Crippen molar-refractivity contribution < 1.29 is 14.3 Å². The highest BCUT2D eigenvalue weighted by atomic mass is 35.5. The molecule has 5 nitrogen and oxygen atoms in total. The molecule has 0 saturated heterocycles. The average Bonchev–Trinajstić information content (AvgIpc) is 2.57. The molecule has 0 aliphatic heterocycles. The van der Waals surface area contributed by atoms with Crippen LogP contribution in [-0.2, 0) is 0 Å². The number of aryl methyl sites for hydroxylation is 1. The van der Waals surface area contributed by atoms with E-state index >= 15 is 0 Å². The number of hydrogen-bond donors (Lipinski definition) is 1. The molecule has 1 aromatic heterocycles. The first kappa shape index (κ1) is 11.5. The fourth-order valence-electron chi connectivity index (χ4n) is 1.08. The molecular formula is C9H10ClN3O2. The molecule has 0 atom stereocenters. The lowest BCUT2D eigenvalue weighted by molar-refractivity contribution is -0.670. The smallest absolute Gasteiger partial charge is 0.240 e. The van der Waals surface area contributed by atoms with E-state index in [9.17, 15) is 5.11 Å². The number of benzene rings is 1. The number of hydrogen-bond acceptors (Lipinski definition) is 4. The van der Waals surface area contributed by atoms with Crippen molar-refractivity contribution in [1.29, 1.82) is 0 Å². The molecule has 6 heteroatoms. The second kappa shape index (κ2) is 4.29. The monoisotopic (exact) mass is 227 g/mol. The van der Waals surface area contributed by atoms with E-state index in [1.54, 1.807) is 6.07 Å². The van der Waals surface area contributed by atoms with Gasteiger partial charge in [-0.1, -0.05) is 17.7 Å². The first-order valence-electron chi connectivity index (χ1n) is 3.99. The molecule has 0 fully saturated rings. The van der Waals surface area contributed by atoms with Crippen LogP contribution in [-0.4, -0.2) is 5.27 Å². The molecule has 0 amide bonds. The molecule has 3 N–H and O–H groups in total. The van der Waals surface area contributed by atoms with Crippen LogP contribution < -0.4 is 15.9 Å². The standard InChI is InChI=1S/C9H7ClN2O2.H3N/c1-6-2-3-7(4-8(6)10)12-5-9(13)14-11-12;/h2-5H,1H3;1H3. The summed E-state index contributed by atoms with van der Waals surface area (Å²) < 4.78 is 5.74. The minimum atomic E-state index is -0.485. The fraction of sp³-hybridized carbons (Fsp3) is 0.111. The van der Waals surface area contributed by atoms with Crippen LogP contribution in [0.4, 0.5) is 0 Å². The summed E-state index contributed by atoms with van der Waals surface area (Å²) in [5.41, 5.74) is 1.67. The Balaban J connectivity index is 0.00000112. The maximum absolute atomic E-state index is 10.7. The van der Waals surface area contributed by atoms with Crippen molar-refractivity contribution in [1.82, 2.24) is 11.4 Å². The third kappa shape index (κ3) is 2.26. The molecule has 2 rings (SSSR count). The van der Waals surface area contributed by atoms with E-state index in [-0.39, 0.29) is 6.15 Å². The molecule has 1 heterocycles. The number of rotatable bonds is 1. The Hall–Kier alpha value is -1.59. The van der Waals surface area contributed by atoms with Crippen LogP contribution in [0.1, 0.15) is 5.56 Å². The van der Waals surface area contributed by atoms with Gasteiger partial charge < -0.3 is 15.8 Å². The van der Waals surface area contributed by atoms with Gasteiger partial charge in [0, 0.05) is 12.1 Å². The minimum Gasteiger partial charge on any atom is -0.539 e. The summed E-state index contributed by atoms with van der Waals surface area (Å²) in [6.07, 6.45) is 1.25.